The second-order valence-corrected chi connectivity index (χ2v) is 7.20. The van der Waals surface area contributed by atoms with Crippen molar-refractivity contribution in [1.29, 1.82) is 0 Å². The Bertz CT molecular complexity index is 561. The van der Waals surface area contributed by atoms with E-state index in [-0.39, 0.29) is 0 Å². The summed E-state index contributed by atoms with van der Waals surface area (Å²) in [5, 5.41) is 6.36. The highest BCUT2D eigenvalue weighted by atomic mass is 79.9. The second kappa shape index (κ2) is 8.79. The van der Waals surface area contributed by atoms with Crippen LogP contribution in [0.3, 0.4) is 0 Å². The van der Waals surface area contributed by atoms with Gasteiger partial charge in [0, 0.05) is 32.2 Å². The molecule has 0 radical (unpaired) electrons. The first-order valence-electron chi connectivity index (χ1n) is 7.02. The van der Waals surface area contributed by atoms with Crippen LogP contribution in [0.4, 0.5) is 0 Å². The fourth-order valence-electron chi connectivity index (χ4n) is 2.00. The highest BCUT2D eigenvalue weighted by Crippen LogP contribution is 2.22. The molecule has 114 valence electrons. The maximum Gasteiger partial charge on any atom is 0.120 e. The Morgan fingerprint density at radius 3 is 2.90 bits per heavy atom. The first kappa shape index (κ1) is 16.8. The summed E-state index contributed by atoms with van der Waals surface area (Å²) in [5.74, 6) is 0.818. The summed E-state index contributed by atoms with van der Waals surface area (Å²) in [6, 6.07) is 10.0. The quantitative estimate of drug-likeness (QED) is 0.675. The molecule has 0 spiro atoms. The van der Waals surface area contributed by atoms with Crippen LogP contribution >= 0.6 is 38.9 Å². The molecule has 0 amide bonds. The lowest BCUT2D eigenvalue weighted by Gasteiger charge is -2.18. The lowest BCUT2D eigenvalue weighted by Crippen LogP contribution is -2.36. The molecule has 1 N–H and O–H groups in total. The zero-order chi connectivity index (χ0) is 15.1. The van der Waals surface area contributed by atoms with Crippen LogP contribution < -0.4 is 10.1 Å². The van der Waals surface area contributed by atoms with Crippen molar-refractivity contribution in [2.75, 3.05) is 13.2 Å². The molecule has 1 unspecified atom stereocenters. The minimum absolute atomic E-state index is 0.300. The van der Waals surface area contributed by atoms with Gasteiger partial charge < -0.3 is 10.1 Å². The van der Waals surface area contributed by atoms with Crippen molar-refractivity contribution in [2.24, 2.45) is 0 Å². The zero-order valence-electron chi connectivity index (χ0n) is 11.9. The van der Waals surface area contributed by atoms with Crippen molar-refractivity contribution in [3.8, 4) is 5.75 Å². The van der Waals surface area contributed by atoms with Gasteiger partial charge in [-0.15, -0.1) is 11.3 Å². The minimum atomic E-state index is 0.300. The van der Waals surface area contributed by atoms with E-state index in [1.807, 2.05) is 24.3 Å². The number of thiophene rings is 1. The number of halogens is 2. The molecule has 0 saturated carbocycles. The number of rotatable bonds is 8. The van der Waals surface area contributed by atoms with Gasteiger partial charge in [-0.1, -0.05) is 24.6 Å². The molecule has 0 saturated heterocycles. The van der Waals surface area contributed by atoms with E-state index >= 15 is 0 Å². The van der Waals surface area contributed by atoms with Crippen LogP contribution in [0.25, 0.3) is 0 Å². The van der Waals surface area contributed by atoms with Crippen LogP contribution in [-0.4, -0.2) is 19.2 Å². The first-order chi connectivity index (χ1) is 10.2. The predicted molar refractivity (Wildman–Crippen MR) is 94.8 cm³/mol. The Hall–Kier alpha value is -0.550. The van der Waals surface area contributed by atoms with Crippen molar-refractivity contribution in [2.45, 2.75) is 25.8 Å². The molecule has 2 rings (SSSR count). The number of ether oxygens (including phenoxy) is 1. The molecular formula is C16H19BrClNOS. The lowest BCUT2D eigenvalue weighted by atomic mass is 10.2. The molecule has 0 aliphatic rings. The SMILES string of the molecule is CCCNC(COc1cccc(Cl)c1)Cc1cc(Br)cs1. The summed E-state index contributed by atoms with van der Waals surface area (Å²) in [5.41, 5.74) is 0. The standard InChI is InChI=1S/C16H19BrClNOS/c1-2-6-19-14(9-16-7-12(17)11-21-16)10-20-15-5-3-4-13(18)8-15/h3-5,7-8,11,14,19H,2,6,9-10H2,1H3. The third-order valence-electron chi connectivity index (χ3n) is 3.00. The van der Waals surface area contributed by atoms with Crippen LogP contribution in [0.2, 0.25) is 5.02 Å². The Labute approximate surface area is 143 Å². The van der Waals surface area contributed by atoms with E-state index in [0.29, 0.717) is 17.7 Å². The van der Waals surface area contributed by atoms with Crippen molar-refractivity contribution in [1.82, 2.24) is 5.32 Å². The monoisotopic (exact) mass is 387 g/mol. The summed E-state index contributed by atoms with van der Waals surface area (Å²) in [4.78, 5) is 1.35. The molecule has 1 heterocycles. The van der Waals surface area contributed by atoms with Gasteiger partial charge in [0.05, 0.1) is 0 Å². The zero-order valence-corrected chi connectivity index (χ0v) is 15.1. The van der Waals surface area contributed by atoms with Gasteiger partial charge in [0.2, 0.25) is 0 Å². The molecule has 0 aliphatic carbocycles. The Balaban J connectivity index is 1.92. The normalized spacial score (nSPS) is 12.3. The van der Waals surface area contributed by atoms with Gasteiger partial charge in [-0.3, -0.25) is 0 Å². The van der Waals surface area contributed by atoms with Crippen molar-refractivity contribution in [3.63, 3.8) is 0 Å². The van der Waals surface area contributed by atoms with Gasteiger partial charge in [-0.05, 0) is 53.2 Å². The second-order valence-electron chi connectivity index (χ2n) is 4.85. The number of hydrogen-bond acceptors (Lipinski definition) is 3. The van der Waals surface area contributed by atoms with E-state index in [4.69, 9.17) is 16.3 Å². The molecule has 5 heteroatoms. The molecule has 0 fully saturated rings. The van der Waals surface area contributed by atoms with Gasteiger partial charge >= 0.3 is 0 Å². The Morgan fingerprint density at radius 2 is 2.24 bits per heavy atom. The highest BCUT2D eigenvalue weighted by Gasteiger charge is 2.11. The molecule has 0 aliphatic heterocycles. The third kappa shape index (κ3) is 5.99. The van der Waals surface area contributed by atoms with E-state index in [0.717, 1.165) is 29.6 Å². The summed E-state index contributed by atoms with van der Waals surface area (Å²) in [6.07, 6.45) is 2.08. The van der Waals surface area contributed by atoms with Crippen molar-refractivity contribution >= 4 is 38.9 Å². The molecular weight excluding hydrogens is 370 g/mol. The van der Waals surface area contributed by atoms with E-state index in [1.165, 1.54) is 4.88 Å². The van der Waals surface area contributed by atoms with Crippen LogP contribution in [0.5, 0.6) is 5.75 Å². The maximum absolute atomic E-state index is 5.98. The van der Waals surface area contributed by atoms with Crippen molar-refractivity contribution in [3.05, 3.63) is 50.1 Å². The van der Waals surface area contributed by atoms with Crippen LogP contribution in [-0.2, 0) is 6.42 Å². The summed E-state index contributed by atoms with van der Waals surface area (Å²) in [6.45, 7) is 3.80. The van der Waals surface area contributed by atoms with E-state index < -0.39 is 0 Å². The largest absolute Gasteiger partial charge is 0.492 e. The van der Waals surface area contributed by atoms with Crippen molar-refractivity contribution < 1.29 is 4.74 Å². The fourth-order valence-corrected chi connectivity index (χ4v) is 3.71. The molecule has 1 aromatic heterocycles. The fraction of sp³-hybridized carbons (Fsp3) is 0.375. The summed E-state index contributed by atoms with van der Waals surface area (Å²) < 4.78 is 7.02. The minimum Gasteiger partial charge on any atom is -0.492 e. The molecule has 1 aromatic carbocycles. The van der Waals surface area contributed by atoms with Crippen LogP contribution in [0.15, 0.2) is 40.2 Å². The molecule has 2 nitrogen and oxygen atoms in total. The van der Waals surface area contributed by atoms with E-state index in [9.17, 15) is 0 Å². The highest BCUT2D eigenvalue weighted by molar-refractivity contribution is 9.10. The van der Waals surface area contributed by atoms with Crippen LogP contribution in [0, 0.1) is 0 Å². The third-order valence-corrected chi connectivity index (χ3v) is 4.95. The summed E-state index contributed by atoms with van der Waals surface area (Å²) in [7, 11) is 0. The summed E-state index contributed by atoms with van der Waals surface area (Å²) >= 11 is 11.3. The number of benzene rings is 1. The maximum atomic E-state index is 5.98. The topological polar surface area (TPSA) is 21.3 Å². The van der Waals surface area contributed by atoms with Gasteiger partial charge in [0.1, 0.15) is 12.4 Å². The average molecular weight is 389 g/mol. The average Bonchev–Trinajstić information content (AvgIpc) is 2.87. The smallest absolute Gasteiger partial charge is 0.120 e. The number of nitrogens with one attached hydrogen (secondary N) is 1. The van der Waals surface area contributed by atoms with E-state index in [2.05, 4.69) is 39.6 Å². The van der Waals surface area contributed by atoms with Gasteiger partial charge in [0.25, 0.3) is 0 Å². The van der Waals surface area contributed by atoms with E-state index in [1.54, 1.807) is 11.3 Å². The molecule has 2 aromatic rings. The van der Waals surface area contributed by atoms with Crippen LogP contribution in [0.1, 0.15) is 18.2 Å². The van der Waals surface area contributed by atoms with Gasteiger partial charge in [0.15, 0.2) is 0 Å². The molecule has 0 bridgehead atoms. The van der Waals surface area contributed by atoms with Gasteiger partial charge in [-0.25, -0.2) is 0 Å². The Kier molecular flexibility index (Phi) is 7.04. The van der Waals surface area contributed by atoms with Gasteiger partial charge in [-0.2, -0.15) is 0 Å². The lowest BCUT2D eigenvalue weighted by molar-refractivity contribution is 0.263. The molecule has 1 atom stereocenters. The molecule has 21 heavy (non-hydrogen) atoms. The predicted octanol–water partition coefficient (Wildman–Crippen LogP) is 5.15. The Morgan fingerprint density at radius 1 is 1.38 bits per heavy atom. The first-order valence-corrected chi connectivity index (χ1v) is 9.07. The number of hydrogen-bond donors (Lipinski definition) is 1.